The number of nitriles is 1. The summed E-state index contributed by atoms with van der Waals surface area (Å²) in [4.78, 5) is 16.3. The lowest BCUT2D eigenvalue weighted by Crippen LogP contribution is -2.31. The molecule has 2 aromatic rings. The Bertz CT molecular complexity index is 875. The summed E-state index contributed by atoms with van der Waals surface area (Å²) in [5, 5.41) is 10.5. The normalized spacial score (nSPS) is 13.2. The molecule has 1 amide bonds. The van der Waals surface area contributed by atoms with Crippen molar-refractivity contribution in [2.45, 2.75) is 37.1 Å². The Hall–Kier alpha value is -2.56. The van der Waals surface area contributed by atoms with E-state index in [0.717, 1.165) is 60.2 Å². The van der Waals surface area contributed by atoms with Crippen LogP contribution in [0.5, 0.6) is 5.75 Å². The molecule has 0 fully saturated rings. The Morgan fingerprint density at radius 1 is 1.30 bits per heavy atom. The van der Waals surface area contributed by atoms with Crippen molar-refractivity contribution in [3.05, 3.63) is 41.1 Å². The number of fused-ring (bicyclic) bond motifs is 1. The first kappa shape index (κ1) is 19.2. The van der Waals surface area contributed by atoms with E-state index in [1.807, 2.05) is 24.3 Å². The molecule has 0 radical (unpaired) electrons. The summed E-state index contributed by atoms with van der Waals surface area (Å²) in [6.07, 6.45) is 5.12. The number of ether oxygens (including phenoxy) is 1. The van der Waals surface area contributed by atoms with Gasteiger partial charge >= 0.3 is 0 Å². The van der Waals surface area contributed by atoms with Gasteiger partial charge in [-0.3, -0.25) is 10.2 Å². The summed E-state index contributed by atoms with van der Waals surface area (Å²) in [5.41, 5.74) is 6.74. The maximum atomic E-state index is 11.6. The quantitative estimate of drug-likeness (QED) is 0.271. The summed E-state index contributed by atoms with van der Waals surface area (Å²) in [6.45, 7) is 0. The van der Waals surface area contributed by atoms with Gasteiger partial charge in [0.05, 0.1) is 18.4 Å². The summed E-state index contributed by atoms with van der Waals surface area (Å²) < 4.78 is 5.26. The number of rotatable bonds is 5. The third kappa shape index (κ3) is 4.24. The highest BCUT2D eigenvalue weighted by molar-refractivity contribution is 8.00. The van der Waals surface area contributed by atoms with Gasteiger partial charge in [-0.15, -0.1) is 0 Å². The number of thioether (sulfide) groups is 1. The first-order valence-corrected chi connectivity index (χ1v) is 9.89. The number of methoxy groups -OCH3 is 1. The molecule has 0 bridgehead atoms. The largest absolute Gasteiger partial charge is 0.497 e. The lowest BCUT2D eigenvalue weighted by Gasteiger charge is -2.17. The Kier molecular flexibility index (Phi) is 6.32. The third-order valence-electron chi connectivity index (χ3n) is 4.68. The van der Waals surface area contributed by atoms with Gasteiger partial charge in [-0.2, -0.15) is 5.26 Å². The molecule has 1 aromatic heterocycles. The highest BCUT2D eigenvalue weighted by Gasteiger charge is 2.23. The van der Waals surface area contributed by atoms with Gasteiger partial charge in [-0.1, -0.05) is 30.3 Å². The number of carbonyl (C=O) groups is 1. The van der Waals surface area contributed by atoms with Gasteiger partial charge in [0, 0.05) is 11.3 Å². The van der Waals surface area contributed by atoms with Crippen LogP contribution in [0.2, 0.25) is 0 Å². The highest BCUT2D eigenvalue weighted by Crippen LogP contribution is 2.37. The van der Waals surface area contributed by atoms with Gasteiger partial charge in [0.15, 0.2) is 0 Å². The van der Waals surface area contributed by atoms with Crippen LogP contribution in [0.3, 0.4) is 0 Å². The van der Waals surface area contributed by atoms with Crippen LogP contribution in [0.15, 0.2) is 29.3 Å². The molecule has 1 heterocycles. The van der Waals surface area contributed by atoms with Crippen LogP contribution in [-0.4, -0.2) is 23.8 Å². The molecule has 140 valence electrons. The van der Waals surface area contributed by atoms with Crippen LogP contribution in [0.4, 0.5) is 0 Å². The highest BCUT2D eigenvalue weighted by atomic mass is 32.2. The molecule has 0 aliphatic heterocycles. The summed E-state index contributed by atoms with van der Waals surface area (Å²) in [5.74, 6) is 5.77. The zero-order valence-electron chi connectivity index (χ0n) is 15.2. The fourth-order valence-corrected chi connectivity index (χ4v) is 4.17. The lowest BCUT2D eigenvalue weighted by atomic mass is 9.92. The second-order valence-corrected chi connectivity index (χ2v) is 7.31. The zero-order valence-corrected chi connectivity index (χ0v) is 16.1. The average molecular weight is 382 g/mol. The molecule has 0 spiro atoms. The number of hydrogen-bond donors (Lipinski definition) is 2. The molecular weight excluding hydrogens is 360 g/mol. The number of amides is 1. The number of carbonyl (C=O) groups excluding carboxylic acids is 1. The van der Waals surface area contributed by atoms with E-state index in [-0.39, 0.29) is 11.7 Å². The van der Waals surface area contributed by atoms with Crippen molar-refractivity contribution >= 4 is 17.7 Å². The Morgan fingerprint density at radius 2 is 2.04 bits per heavy atom. The minimum absolute atomic E-state index is 0.124. The van der Waals surface area contributed by atoms with Gasteiger partial charge in [0.25, 0.3) is 0 Å². The van der Waals surface area contributed by atoms with Gasteiger partial charge in [-0.25, -0.2) is 10.8 Å². The van der Waals surface area contributed by atoms with E-state index in [1.54, 1.807) is 7.11 Å². The van der Waals surface area contributed by atoms with Crippen molar-refractivity contribution in [3.8, 4) is 22.9 Å². The molecule has 0 saturated heterocycles. The van der Waals surface area contributed by atoms with Crippen LogP contribution in [0.25, 0.3) is 11.1 Å². The maximum Gasteiger partial charge on any atom is 0.244 e. The summed E-state index contributed by atoms with van der Waals surface area (Å²) in [7, 11) is 1.63. The Balaban J connectivity index is 2.15. The van der Waals surface area contributed by atoms with E-state index < -0.39 is 0 Å². The predicted molar refractivity (Wildman–Crippen MR) is 105 cm³/mol. The number of hydrogen-bond acceptors (Lipinski definition) is 6. The van der Waals surface area contributed by atoms with E-state index in [2.05, 4.69) is 11.5 Å². The number of nitrogens with zero attached hydrogens (tertiary/aromatic N) is 2. The Labute approximate surface area is 163 Å². The Morgan fingerprint density at radius 3 is 2.70 bits per heavy atom. The number of nitrogens with two attached hydrogens (primary N) is 1. The maximum absolute atomic E-state index is 11.6. The number of pyridine rings is 1. The van der Waals surface area contributed by atoms with E-state index in [0.29, 0.717) is 10.6 Å². The van der Waals surface area contributed by atoms with E-state index in [9.17, 15) is 10.1 Å². The molecule has 3 N–H and O–H groups in total. The second kappa shape index (κ2) is 8.89. The topological polar surface area (TPSA) is 101 Å². The summed E-state index contributed by atoms with van der Waals surface area (Å²) >= 11 is 1.25. The van der Waals surface area contributed by atoms with E-state index in [4.69, 9.17) is 15.6 Å². The van der Waals surface area contributed by atoms with Crippen LogP contribution in [-0.2, 0) is 17.6 Å². The van der Waals surface area contributed by atoms with Gasteiger partial charge in [0.1, 0.15) is 16.8 Å². The number of benzene rings is 1. The number of aryl methyl sites for hydroxylation is 1. The van der Waals surface area contributed by atoms with Crippen molar-refractivity contribution in [2.24, 2.45) is 5.84 Å². The third-order valence-corrected chi connectivity index (χ3v) is 5.66. The lowest BCUT2D eigenvalue weighted by molar-refractivity contribution is -0.118. The standard InChI is InChI=1S/C20H22N4O2S/c1-26-14-9-7-13(8-10-14)19-15-5-3-2-4-6-17(15)23-20(16(19)11-21)27-12-18(25)24-22/h7-10H,2-6,12,22H2,1H3,(H,24,25). The molecule has 1 aliphatic rings. The van der Waals surface area contributed by atoms with E-state index in [1.165, 1.54) is 11.8 Å². The predicted octanol–water partition coefficient (Wildman–Crippen LogP) is 2.98. The van der Waals surface area contributed by atoms with Crippen molar-refractivity contribution in [2.75, 3.05) is 12.9 Å². The molecular formula is C20H22N4O2S. The molecule has 1 aliphatic carbocycles. The van der Waals surface area contributed by atoms with Crippen molar-refractivity contribution < 1.29 is 9.53 Å². The molecule has 6 nitrogen and oxygen atoms in total. The van der Waals surface area contributed by atoms with E-state index >= 15 is 0 Å². The average Bonchev–Trinajstić information content (AvgIpc) is 2.96. The SMILES string of the molecule is COc1ccc(-c2c(C#N)c(SCC(=O)NN)nc3c2CCCCC3)cc1. The van der Waals surface area contributed by atoms with Crippen molar-refractivity contribution in [1.82, 2.24) is 10.4 Å². The van der Waals surface area contributed by atoms with Gasteiger partial charge in [-0.05, 0) is 48.9 Å². The second-order valence-electron chi connectivity index (χ2n) is 6.35. The van der Waals surface area contributed by atoms with Crippen LogP contribution < -0.4 is 16.0 Å². The molecule has 1 aromatic carbocycles. The first-order valence-electron chi connectivity index (χ1n) is 8.90. The fourth-order valence-electron chi connectivity index (χ4n) is 3.36. The minimum atomic E-state index is -0.299. The summed E-state index contributed by atoms with van der Waals surface area (Å²) in [6, 6.07) is 10.1. The first-order chi connectivity index (χ1) is 13.2. The molecule has 27 heavy (non-hydrogen) atoms. The van der Waals surface area contributed by atoms with Crippen molar-refractivity contribution in [1.29, 1.82) is 5.26 Å². The molecule has 3 rings (SSSR count). The van der Waals surface area contributed by atoms with Crippen molar-refractivity contribution in [3.63, 3.8) is 0 Å². The molecule has 0 saturated carbocycles. The minimum Gasteiger partial charge on any atom is -0.497 e. The van der Waals surface area contributed by atoms with Crippen LogP contribution >= 0.6 is 11.8 Å². The molecule has 0 unspecified atom stereocenters. The zero-order chi connectivity index (χ0) is 19.2. The number of nitrogens with one attached hydrogen (secondary N) is 1. The number of aromatic nitrogens is 1. The molecule has 0 atom stereocenters. The fraction of sp³-hybridized carbons (Fsp3) is 0.350. The smallest absolute Gasteiger partial charge is 0.244 e. The van der Waals surface area contributed by atoms with Gasteiger partial charge < -0.3 is 4.74 Å². The molecule has 7 heteroatoms. The van der Waals surface area contributed by atoms with Crippen LogP contribution in [0, 0.1) is 11.3 Å². The monoisotopic (exact) mass is 382 g/mol. The van der Waals surface area contributed by atoms with Crippen LogP contribution in [0.1, 0.15) is 36.1 Å². The van der Waals surface area contributed by atoms with Gasteiger partial charge in [0.2, 0.25) is 5.91 Å². The number of hydrazine groups is 1.